The van der Waals surface area contributed by atoms with E-state index in [1.165, 1.54) is 24.2 Å². The maximum Gasteiger partial charge on any atom is 0.271 e. The summed E-state index contributed by atoms with van der Waals surface area (Å²) in [6.45, 7) is 7.04. The minimum Gasteiger partial charge on any atom is -0.347 e. The van der Waals surface area contributed by atoms with Crippen molar-refractivity contribution in [3.05, 3.63) is 35.5 Å². The van der Waals surface area contributed by atoms with Crippen molar-refractivity contribution < 1.29 is 4.79 Å². The Labute approximate surface area is 152 Å². The molecular formula is C19H24N4OS. The fraction of sp³-hybridized carbons (Fsp3) is 0.526. The second kappa shape index (κ2) is 5.80. The maximum absolute atomic E-state index is 12.7. The molecule has 2 N–H and O–H groups in total. The summed E-state index contributed by atoms with van der Waals surface area (Å²) in [5, 5.41) is 8.89. The minimum absolute atomic E-state index is 0.0695. The molecule has 0 radical (unpaired) electrons. The number of nitrogens with one attached hydrogen (secondary N) is 2. The summed E-state index contributed by atoms with van der Waals surface area (Å²) in [5.74, 6) is 1.37. The molecule has 2 aliphatic rings. The number of nitrogens with zero attached hydrogens (tertiary/aromatic N) is 2. The van der Waals surface area contributed by atoms with Gasteiger partial charge in [-0.05, 0) is 48.1 Å². The van der Waals surface area contributed by atoms with Crippen LogP contribution in [0.3, 0.4) is 0 Å². The Bertz CT molecular complexity index is 788. The van der Waals surface area contributed by atoms with Gasteiger partial charge in [-0.15, -0.1) is 11.3 Å². The molecule has 2 aromatic heterocycles. The zero-order valence-corrected chi connectivity index (χ0v) is 15.7. The van der Waals surface area contributed by atoms with Crippen LogP contribution in [-0.4, -0.2) is 21.9 Å². The molecule has 1 amide bonds. The van der Waals surface area contributed by atoms with E-state index in [0.29, 0.717) is 22.2 Å². The number of hydrogen-bond donors (Lipinski definition) is 2. The fourth-order valence-electron chi connectivity index (χ4n) is 4.64. The Morgan fingerprint density at radius 2 is 2.16 bits per heavy atom. The molecule has 2 heterocycles. The average molecular weight is 356 g/mol. The van der Waals surface area contributed by atoms with Crippen molar-refractivity contribution in [2.75, 3.05) is 5.32 Å². The van der Waals surface area contributed by atoms with Gasteiger partial charge >= 0.3 is 0 Å². The molecule has 5 nitrogen and oxygen atoms in total. The molecule has 4 rings (SSSR count). The monoisotopic (exact) mass is 356 g/mol. The van der Waals surface area contributed by atoms with E-state index in [9.17, 15) is 4.79 Å². The molecule has 3 unspecified atom stereocenters. The molecule has 132 valence electrons. The lowest BCUT2D eigenvalue weighted by Crippen LogP contribution is -2.46. The first-order valence-corrected chi connectivity index (χ1v) is 9.72. The number of thiazole rings is 1. The average Bonchev–Trinajstić information content (AvgIpc) is 3.19. The molecule has 0 saturated heterocycles. The zero-order valence-electron chi connectivity index (χ0n) is 14.9. The van der Waals surface area contributed by atoms with Crippen molar-refractivity contribution in [3.8, 4) is 0 Å². The molecule has 2 aromatic rings. The Morgan fingerprint density at radius 3 is 2.80 bits per heavy atom. The van der Waals surface area contributed by atoms with Gasteiger partial charge in [-0.2, -0.15) is 0 Å². The summed E-state index contributed by atoms with van der Waals surface area (Å²) in [4.78, 5) is 21.3. The van der Waals surface area contributed by atoms with E-state index in [4.69, 9.17) is 0 Å². The second-order valence-corrected chi connectivity index (χ2v) is 8.87. The lowest BCUT2D eigenvalue weighted by Gasteiger charge is -2.39. The quantitative estimate of drug-likeness (QED) is 0.860. The highest BCUT2D eigenvalue weighted by Crippen LogP contribution is 2.65. The Morgan fingerprint density at radius 1 is 1.32 bits per heavy atom. The molecule has 2 saturated carbocycles. The SMILES string of the molecule is CC1(C)C2CCC1(C)C(NC(=O)c1csc(Nc3ccccn3)n1)C2. The number of fused-ring (bicyclic) bond motifs is 2. The van der Waals surface area contributed by atoms with E-state index in [1.807, 2.05) is 18.2 Å². The number of pyridine rings is 1. The summed E-state index contributed by atoms with van der Waals surface area (Å²) in [7, 11) is 0. The molecular weight excluding hydrogens is 332 g/mol. The highest BCUT2D eigenvalue weighted by atomic mass is 32.1. The molecule has 0 aliphatic heterocycles. The van der Waals surface area contributed by atoms with Gasteiger partial charge in [-0.1, -0.05) is 26.8 Å². The number of aromatic nitrogens is 2. The predicted octanol–water partition coefficient (Wildman–Crippen LogP) is 4.23. The highest BCUT2D eigenvalue weighted by Gasteiger charge is 2.61. The standard InChI is InChI=1S/C19H24N4OS/c1-18(2)12-7-8-19(18,3)14(10-12)22-16(24)13-11-25-17(21-13)23-15-6-4-5-9-20-15/h4-6,9,11-12,14H,7-8,10H2,1-3H3,(H,22,24)(H,20,21,23). The second-order valence-electron chi connectivity index (χ2n) is 8.01. The summed E-state index contributed by atoms with van der Waals surface area (Å²) in [5.41, 5.74) is 0.949. The van der Waals surface area contributed by atoms with Gasteiger partial charge in [-0.25, -0.2) is 9.97 Å². The van der Waals surface area contributed by atoms with E-state index in [1.54, 1.807) is 11.6 Å². The van der Waals surface area contributed by atoms with Crippen molar-refractivity contribution >= 4 is 28.2 Å². The molecule has 0 aromatic carbocycles. The van der Waals surface area contributed by atoms with Crippen LogP contribution in [0.5, 0.6) is 0 Å². The van der Waals surface area contributed by atoms with Crippen molar-refractivity contribution in [2.45, 2.75) is 46.1 Å². The molecule has 3 atom stereocenters. The molecule has 2 fully saturated rings. The number of carbonyl (C=O) groups excluding carboxylic acids is 1. The summed E-state index contributed by atoms with van der Waals surface area (Å²) in [6, 6.07) is 5.89. The van der Waals surface area contributed by atoms with E-state index >= 15 is 0 Å². The highest BCUT2D eigenvalue weighted by molar-refractivity contribution is 7.14. The van der Waals surface area contributed by atoms with Crippen LogP contribution in [0.4, 0.5) is 10.9 Å². The van der Waals surface area contributed by atoms with Gasteiger partial charge in [0, 0.05) is 17.6 Å². The van der Waals surface area contributed by atoms with Crippen LogP contribution in [0.15, 0.2) is 29.8 Å². The lowest BCUT2D eigenvalue weighted by atomic mass is 9.69. The first kappa shape index (κ1) is 16.5. The summed E-state index contributed by atoms with van der Waals surface area (Å²) in [6.07, 6.45) is 5.28. The van der Waals surface area contributed by atoms with Crippen LogP contribution in [0.25, 0.3) is 0 Å². The van der Waals surface area contributed by atoms with Gasteiger partial charge in [0.15, 0.2) is 5.13 Å². The van der Waals surface area contributed by atoms with Crippen LogP contribution in [-0.2, 0) is 0 Å². The third-order valence-corrected chi connectivity index (χ3v) is 7.49. The third-order valence-electron chi connectivity index (χ3n) is 6.74. The molecule has 6 heteroatoms. The van der Waals surface area contributed by atoms with Crippen LogP contribution < -0.4 is 10.6 Å². The molecule has 2 aliphatic carbocycles. The predicted molar refractivity (Wildman–Crippen MR) is 100 cm³/mol. The Balaban J connectivity index is 1.44. The van der Waals surface area contributed by atoms with E-state index in [0.717, 1.165) is 12.2 Å². The van der Waals surface area contributed by atoms with E-state index in [2.05, 4.69) is 41.4 Å². The first-order chi connectivity index (χ1) is 11.9. The fourth-order valence-corrected chi connectivity index (χ4v) is 5.33. The number of carbonyl (C=O) groups is 1. The van der Waals surface area contributed by atoms with E-state index in [-0.39, 0.29) is 17.4 Å². The number of anilines is 2. The van der Waals surface area contributed by atoms with Crippen molar-refractivity contribution in [2.24, 2.45) is 16.7 Å². The van der Waals surface area contributed by atoms with Crippen molar-refractivity contribution in [1.29, 1.82) is 0 Å². The summed E-state index contributed by atoms with van der Waals surface area (Å²) < 4.78 is 0. The van der Waals surface area contributed by atoms with Crippen molar-refractivity contribution in [1.82, 2.24) is 15.3 Å². The van der Waals surface area contributed by atoms with Crippen LogP contribution >= 0.6 is 11.3 Å². The van der Waals surface area contributed by atoms with Gasteiger partial charge in [0.25, 0.3) is 5.91 Å². The van der Waals surface area contributed by atoms with E-state index < -0.39 is 0 Å². The molecule has 2 bridgehead atoms. The number of amides is 1. The van der Waals surface area contributed by atoms with Crippen LogP contribution in [0, 0.1) is 16.7 Å². The van der Waals surface area contributed by atoms with Gasteiger partial charge in [-0.3, -0.25) is 4.79 Å². The molecule has 25 heavy (non-hydrogen) atoms. The van der Waals surface area contributed by atoms with Gasteiger partial charge < -0.3 is 10.6 Å². The number of rotatable bonds is 4. The molecule has 0 spiro atoms. The zero-order chi connectivity index (χ0) is 17.7. The third kappa shape index (κ3) is 2.63. The van der Waals surface area contributed by atoms with Crippen LogP contribution in [0.2, 0.25) is 0 Å². The van der Waals surface area contributed by atoms with Crippen molar-refractivity contribution in [3.63, 3.8) is 0 Å². The Kier molecular flexibility index (Phi) is 3.83. The van der Waals surface area contributed by atoms with Gasteiger partial charge in [0.2, 0.25) is 0 Å². The minimum atomic E-state index is -0.0695. The topological polar surface area (TPSA) is 66.9 Å². The Hall–Kier alpha value is -1.95. The van der Waals surface area contributed by atoms with Crippen LogP contribution in [0.1, 0.15) is 50.5 Å². The largest absolute Gasteiger partial charge is 0.347 e. The number of hydrogen-bond acceptors (Lipinski definition) is 5. The summed E-state index contributed by atoms with van der Waals surface area (Å²) >= 11 is 1.42. The maximum atomic E-state index is 12.7. The van der Waals surface area contributed by atoms with Gasteiger partial charge in [0.1, 0.15) is 11.5 Å². The van der Waals surface area contributed by atoms with Gasteiger partial charge in [0.05, 0.1) is 0 Å². The lowest BCUT2D eigenvalue weighted by molar-refractivity contribution is 0.0822. The normalized spacial score (nSPS) is 29.6. The smallest absolute Gasteiger partial charge is 0.271 e. The first-order valence-electron chi connectivity index (χ1n) is 8.84.